The van der Waals surface area contributed by atoms with Crippen LogP contribution in [0.1, 0.15) is 29.0 Å². The first kappa shape index (κ1) is 16.0. The first-order valence-corrected chi connectivity index (χ1v) is 8.03. The van der Waals surface area contributed by atoms with Crippen molar-refractivity contribution in [3.05, 3.63) is 63.1 Å². The van der Waals surface area contributed by atoms with Gasteiger partial charge in [-0.1, -0.05) is 58.6 Å². The fraction of sp³-hybridized carbons (Fsp3) is 0.222. The molecule has 1 fully saturated rings. The van der Waals surface area contributed by atoms with Gasteiger partial charge in [0.1, 0.15) is 0 Å². The smallest absolute Gasteiger partial charge is 0.241 e. The summed E-state index contributed by atoms with van der Waals surface area (Å²) in [6, 6.07) is 10.8. The van der Waals surface area contributed by atoms with Gasteiger partial charge in [0.25, 0.3) is 0 Å². The van der Waals surface area contributed by atoms with Gasteiger partial charge >= 0.3 is 0 Å². The summed E-state index contributed by atoms with van der Waals surface area (Å²) in [7, 11) is 0. The number of halogens is 2. The van der Waals surface area contributed by atoms with Crippen molar-refractivity contribution >= 4 is 40.7 Å². The molecule has 0 N–H and O–H groups in total. The molecule has 5 heteroatoms. The topological polar surface area (TPSA) is 37.4 Å². The van der Waals surface area contributed by atoms with E-state index in [4.69, 9.17) is 23.2 Å². The van der Waals surface area contributed by atoms with Crippen LogP contribution in [0.15, 0.2) is 36.4 Å². The zero-order chi connectivity index (χ0) is 16.7. The third kappa shape index (κ3) is 2.87. The van der Waals surface area contributed by atoms with Crippen molar-refractivity contribution in [3.63, 3.8) is 0 Å². The van der Waals surface area contributed by atoms with Crippen LogP contribution in [0.2, 0.25) is 10.0 Å². The van der Waals surface area contributed by atoms with Crippen LogP contribution in [0.25, 0.3) is 0 Å². The van der Waals surface area contributed by atoms with Crippen molar-refractivity contribution in [1.82, 2.24) is 0 Å². The van der Waals surface area contributed by atoms with E-state index in [0.717, 1.165) is 21.6 Å². The van der Waals surface area contributed by atoms with Gasteiger partial charge in [0.05, 0.1) is 21.7 Å². The molecule has 3 nitrogen and oxygen atoms in total. The molecule has 0 aliphatic carbocycles. The molecular weight excluding hydrogens is 333 g/mol. The van der Waals surface area contributed by atoms with Crippen LogP contribution in [-0.4, -0.2) is 11.8 Å². The highest BCUT2D eigenvalue weighted by Gasteiger charge is 2.42. The van der Waals surface area contributed by atoms with Gasteiger partial charge in [-0.15, -0.1) is 0 Å². The number of nitrogens with zero attached hydrogens (tertiary/aromatic N) is 1. The number of carbonyl (C=O) groups excluding carboxylic acids is 2. The Balaban J connectivity index is 2.04. The number of anilines is 1. The second-order valence-electron chi connectivity index (χ2n) is 5.82. The lowest BCUT2D eigenvalue weighted by atomic mass is 9.94. The highest BCUT2D eigenvalue weighted by Crippen LogP contribution is 2.40. The lowest BCUT2D eigenvalue weighted by Gasteiger charge is -2.18. The molecule has 1 aliphatic heterocycles. The van der Waals surface area contributed by atoms with Crippen molar-refractivity contribution in [2.24, 2.45) is 0 Å². The first-order valence-electron chi connectivity index (χ1n) is 7.27. The lowest BCUT2D eigenvalue weighted by Crippen LogP contribution is -2.30. The average Bonchev–Trinajstić information content (AvgIpc) is 2.74. The molecule has 0 saturated carbocycles. The molecule has 2 amide bonds. The minimum absolute atomic E-state index is 0.128. The Morgan fingerprint density at radius 2 is 1.57 bits per heavy atom. The fourth-order valence-electron chi connectivity index (χ4n) is 3.04. The second kappa shape index (κ2) is 5.99. The third-order valence-electron chi connectivity index (χ3n) is 3.95. The summed E-state index contributed by atoms with van der Waals surface area (Å²) in [6.07, 6.45) is 0.128. The molecule has 1 saturated heterocycles. The van der Waals surface area contributed by atoms with Crippen molar-refractivity contribution in [1.29, 1.82) is 0 Å². The summed E-state index contributed by atoms with van der Waals surface area (Å²) in [6.45, 7) is 3.95. The van der Waals surface area contributed by atoms with Crippen molar-refractivity contribution in [2.45, 2.75) is 26.2 Å². The van der Waals surface area contributed by atoms with Gasteiger partial charge in [-0.3, -0.25) is 9.59 Å². The standard InChI is InChI=1S/C18H15Cl2NO2/c1-10-6-11(2)8-12(7-10)13-9-16(22)21(18(13)23)17-14(19)4-3-5-15(17)20/h3-8,13H,9H2,1-2H3/t13-/m1/s1. The number of aryl methyl sites for hydroxylation is 2. The van der Waals surface area contributed by atoms with Crippen molar-refractivity contribution in [2.75, 3.05) is 4.90 Å². The van der Waals surface area contributed by atoms with E-state index in [1.807, 2.05) is 32.0 Å². The van der Waals surface area contributed by atoms with E-state index in [9.17, 15) is 9.59 Å². The van der Waals surface area contributed by atoms with E-state index < -0.39 is 5.92 Å². The minimum atomic E-state index is -0.492. The van der Waals surface area contributed by atoms with Gasteiger partial charge in [0.2, 0.25) is 11.8 Å². The number of imide groups is 1. The molecule has 2 aromatic carbocycles. The van der Waals surface area contributed by atoms with Gasteiger partial charge in [0.15, 0.2) is 0 Å². The summed E-state index contributed by atoms with van der Waals surface area (Å²) >= 11 is 12.3. The van der Waals surface area contributed by atoms with Gasteiger partial charge in [-0.05, 0) is 31.5 Å². The van der Waals surface area contributed by atoms with Crippen LogP contribution in [0.5, 0.6) is 0 Å². The molecule has 1 aliphatic rings. The lowest BCUT2D eigenvalue weighted by molar-refractivity contribution is -0.121. The van der Waals surface area contributed by atoms with Crippen LogP contribution in [0.3, 0.4) is 0 Å². The van der Waals surface area contributed by atoms with E-state index in [1.54, 1.807) is 18.2 Å². The number of hydrogen-bond acceptors (Lipinski definition) is 2. The van der Waals surface area contributed by atoms with Gasteiger partial charge in [-0.2, -0.15) is 0 Å². The summed E-state index contributed by atoms with van der Waals surface area (Å²) in [5.74, 6) is -1.06. The van der Waals surface area contributed by atoms with E-state index in [-0.39, 0.29) is 23.9 Å². The second-order valence-corrected chi connectivity index (χ2v) is 6.63. The molecule has 1 heterocycles. The van der Waals surface area contributed by atoms with Crippen molar-refractivity contribution < 1.29 is 9.59 Å². The maximum atomic E-state index is 12.8. The molecule has 0 spiro atoms. The van der Waals surface area contributed by atoms with E-state index in [1.165, 1.54) is 0 Å². The molecule has 0 bridgehead atoms. The number of benzene rings is 2. The average molecular weight is 348 g/mol. The Morgan fingerprint density at radius 3 is 2.13 bits per heavy atom. The van der Waals surface area contributed by atoms with Crippen molar-refractivity contribution in [3.8, 4) is 0 Å². The maximum Gasteiger partial charge on any atom is 0.241 e. The molecule has 23 heavy (non-hydrogen) atoms. The Morgan fingerprint density at radius 1 is 1.00 bits per heavy atom. The Bertz CT molecular complexity index is 776. The monoisotopic (exact) mass is 347 g/mol. The molecule has 0 unspecified atom stereocenters. The zero-order valence-electron chi connectivity index (χ0n) is 12.8. The van der Waals surface area contributed by atoms with Gasteiger partial charge < -0.3 is 0 Å². The van der Waals surface area contributed by atoms with Gasteiger partial charge in [0, 0.05) is 6.42 Å². The number of hydrogen-bond donors (Lipinski definition) is 0. The summed E-state index contributed by atoms with van der Waals surface area (Å²) in [4.78, 5) is 26.4. The third-order valence-corrected chi connectivity index (χ3v) is 4.56. The minimum Gasteiger partial charge on any atom is -0.274 e. The molecule has 2 aromatic rings. The number of carbonyl (C=O) groups is 2. The highest BCUT2D eigenvalue weighted by molar-refractivity contribution is 6.42. The molecule has 118 valence electrons. The summed E-state index contributed by atoms with van der Waals surface area (Å²) in [5.41, 5.74) is 3.26. The highest BCUT2D eigenvalue weighted by atomic mass is 35.5. The maximum absolute atomic E-state index is 12.8. The van der Waals surface area contributed by atoms with E-state index >= 15 is 0 Å². The predicted octanol–water partition coefficient (Wildman–Crippen LogP) is 4.66. The molecule has 0 aromatic heterocycles. The van der Waals surface area contributed by atoms with Crippen LogP contribution < -0.4 is 4.90 Å². The normalized spacial score (nSPS) is 17.9. The van der Waals surface area contributed by atoms with Crippen LogP contribution in [0.4, 0.5) is 5.69 Å². The van der Waals surface area contributed by atoms with E-state index in [2.05, 4.69) is 0 Å². The molecule has 1 atom stereocenters. The molecule has 0 radical (unpaired) electrons. The summed E-state index contributed by atoms with van der Waals surface area (Å²) in [5, 5.41) is 0.584. The zero-order valence-corrected chi connectivity index (χ0v) is 14.3. The molecule has 3 rings (SSSR count). The molecular formula is C18H15Cl2NO2. The van der Waals surface area contributed by atoms with Crippen LogP contribution in [0, 0.1) is 13.8 Å². The largest absolute Gasteiger partial charge is 0.274 e. The number of rotatable bonds is 2. The van der Waals surface area contributed by atoms with Gasteiger partial charge in [-0.25, -0.2) is 4.90 Å². The SMILES string of the molecule is Cc1cc(C)cc([C@H]2CC(=O)N(c3c(Cl)cccc3Cl)C2=O)c1. The van der Waals surface area contributed by atoms with E-state index in [0.29, 0.717) is 10.0 Å². The Labute approximate surface area is 144 Å². The first-order chi connectivity index (χ1) is 10.9. The summed E-state index contributed by atoms with van der Waals surface area (Å²) < 4.78 is 0. The number of para-hydroxylation sites is 1. The van der Waals surface area contributed by atoms with Crippen LogP contribution in [-0.2, 0) is 9.59 Å². The predicted molar refractivity (Wildman–Crippen MR) is 92.2 cm³/mol. The number of amides is 2. The Kier molecular flexibility index (Phi) is 4.17. The fourth-order valence-corrected chi connectivity index (χ4v) is 3.61. The quantitative estimate of drug-likeness (QED) is 0.741. The Hall–Kier alpha value is -1.84. The van der Waals surface area contributed by atoms with Crippen LogP contribution >= 0.6 is 23.2 Å².